The molecule has 5 nitrogen and oxygen atoms in total. The maximum absolute atomic E-state index is 6.03. The molecule has 0 aliphatic carbocycles. The van der Waals surface area contributed by atoms with Crippen molar-refractivity contribution in [1.29, 1.82) is 0 Å². The van der Waals surface area contributed by atoms with Gasteiger partial charge in [0.2, 0.25) is 0 Å². The summed E-state index contributed by atoms with van der Waals surface area (Å²) in [6.45, 7) is 11.5. The van der Waals surface area contributed by atoms with Gasteiger partial charge in [0.25, 0.3) is 0 Å². The molecular weight excluding hydrogens is 354 g/mol. The second-order valence-corrected chi connectivity index (χ2v) is 7.84. The monoisotopic (exact) mass is 393 g/mol. The fourth-order valence-electron chi connectivity index (χ4n) is 3.81. The third-order valence-electron chi connectivity index (χ3n) is 5.69. The molecule has 1 aliphatic heterocycles. The molecule has 0 aromatic heterocycles. The zero-order valence-corrected chi connectivity index (χ0v) is 18.2. The number of methoxy groups -OCH3 is 2. The smallest absolute Gasteiger partial charge is 0.119 e. The molecule has 1 heterocycles. The second kappa shape index (κ2) is 13.2. The highest BCUT2D eigenvalue weighted by molar-refractivity contribution is 5.38. The molecule has 160 valence electrons. The maximum Gasteiger partial charge on any atom is 0.119 e. The van der Waals surface area contributed by atoms with Crippen LogP contribution in [0.1, 0.15) is 43.2 Å². The van der Waals surface area contributed by atoms with Crippen molar-refractivity contribution in [1.82, 2.24) is 4.90 Å². The summed E-state index contributed by atoms with van der Waals surface area (Å²) in [7, 11) is 3.47. The summed E-state index contributed by atoms with van der Waals surface area (Å²) in [5.41, 5.74) is 2.80. The van der Waals surface area contributed by atoms with E-state index in [4.69, 9.17) is 18.9 Å². The lowest BCUT2D eigenvalue weighted by Gasteiger charge is -2.38. The SMILES string of the molecule is COCCOCCCCOc1ccc(C)c(C2CN(CCOC)CC[C@@H]2C)c1. The molecule has 0 spiro atoms. The Kier molecular flexibility index (Phi) is 10.9. The van der Waals surface area contributed by atoms with Gasteiger partial charge in [-0.25, -0.2) is 0 Å². The van der Waals surface area contributed by atoms with Crippen LogP contribution in [0.25, 0.3) is 0 Å². The lowest BCUT2D eigenvalue weighted by Crippen LogP contribution is -2.40. The normalized spacial score (nSPS) is 20.4. The van der Waals surface area contributed by atoms with Gasteiger partial charge < -0.3 is 23.8 Å². The molecular formula is C23H39NO4. The Morgan fingerprint density at radius 2 is 1.79 bits per heavy atom. The number of nitrogens with zero attached hydrogens (tertiary/aromatic N) is 1. The van der Waals surface area contributed by atoms with Crippen LogP contribution >= 0.6 is 0 Å². The number of benzene rings is 1. The summed E-state index contributed by atoms with van der Waals surface area (Å²) in [6, 6.07) is 6.58. The van der Waals surface area contributed by atoms with Crippen LogP contribution < -0.4 is 4.74 Å². The van der Waals surface area contributed by atoms with Crippen LogP contribution in [0, 0.1) is 12.8 Å². The topological polar surface area (TPSA) is 40.2 Å². The summed E-state index contributed by atoms with van der Waals surface area (Å²) in [4.78, 5) is 2.53. The molecule has 0 radical (unpaired) electrons. The average Bonchev–Trinajstić information content (AvgIpc) is 2.70. The van der Waals surface area contributed by atoms with Gasteiger partial charge in [-0.3, -0.25) is 0 Å². The third kappa shape index (κ3) is 7.70. The van der Waals surface area contributed by atoms with E-state index in [1.165, 1.54) is 24.1 Å². The number of rotatable bonds is 13. The molecule has 1 saturated heterocycles. The van der Waals surface area contributed by atoms with Crippen LogP contribution in [0.3, 0.4) is 0 Å². The fraction of sp³-hybridized carbons (Fsp3) is 0.739. The predicted octanol–water partition coefficient (Wildman–Crippen LogP) is 3.89. The highest BCUT2D eigenvalue weighted by atomic mass is 16.5. The van der Waals surface area contributed by atoms with Crippen molar-refractivity contribution < 1.29 is 18.9 Å². The molecule has 1 fully saturated rings. The summed E-state index contributed by atoms with van der Waals surface area (Å²) in [5, 5.41) is 0. The van der Waals surface area contributed by atoms with E-state index in [1.807, 2.05) is 0 Å². The third-order valence-corrected chi connectivity index (χ3v) is 5.69. The minimum absolute atomic E-state index is 0.559. The molecule has 28 heavy (non-hydrogen) atoms. The Balaban J connectivity index is 1.84. The standard InChI is InChI=1S/C23H39NO4/c1-19-7-8-21(28-13-6-5-12-27-16-15-26-4)17-22(19)23-18-24(11-14-25-3)10-9-20(23)2/h7-8,17,20,23H,5-6,9-16,18H2,1-4H3/t20-,23?/m0/s1. The van der Waals surface area contributed by atoms with Gasteiger partial charge in [-0.2, -0.15) is 0 Å². The quantitative estimate of drug-likeness (QED) is 0.476. The second-order valence-electron chi connectivity index (χ2n) is 7.84. The molecule has 1 unspecified atom stereocenters. The first-order valence-corrected chi connectivity index (χ1v) is 10.7. The average molecular weight is 394 g/mol. The Morgan fingerprint density at radius 3 is 2.57 bits per heavy atom. The fourth-order valence-corrected chi connectivity index (χ4v) is 3.81. The van der Waals surface area contributed by atoms with Gasteiger partial charge in [0.1, 0.15) is 5.75 Å². The summed E-state index contributed by atoms with van der Waals surface area (Å²) >= 11 is 0. The Morgan fingerprint density at radius 1 is 1.00 bits per heavy atom. The lowest BCUT2D eigenvalue weighted by molar-refractivity contribution is 0.0674. The van der Waals surface area contributed by atoms with Gasteiger partial charge in [0, 0.05) is 33.9 Å². The highest BCUT2D eigenvalue weighted by Gasteiger charge is 2.28. The van der Waals surface area contributed by atoms with Crippen LogP contribution in [0.5, 0.6) is 5.75 Å². The zero-order valence-electron chi connectivity index (χ0n) is 18.2. The number of piperidine rings is 1. The van der Waals surface area contributed by atoms with Gasteiger partial charge >= 0.3 is 0 Å². The summed E-state index contributed by atoms with van der Waals surface area (Å²) in [6.07, 6.45) is 3.25. The van der Waals surface area contributed by atoms with Crippen LogP contribution in [0.4, 0.5) is 0 Å². The molecule has 5 heteroatoms. The van der Waals surface area contributed by atoms with E-state index < -0.39 is 0 Å². The van der Waals surface area contributed by atoms with Crippen molar-refractivity contribution in [2.75, 3.05) is 66.9 Å². The van der Waals surface area contributed by atoms with Crippen molar-refractivity contribution in [3.05, 3.63) is 29.3 Å². The van der Waals surface area contributed by atoms with Gasteiger partial charge in [-0.15, -0.1) is 0 Å². The number of ether oxygens (including phenoxy) is 4. The van der Waals surface area contributed by atoms with Gasteiger partial charge in [-0.05, 0) is 67.8 Å². The maximum atomic E-state index is 6.03. The number of hydrogen-bond donors (Lipinski definition) is 0. The molecule has 0 saturated carbocycles. The van der Waals surface area contributed by atoms with Crippen molar-refractivity contribution >= 4 is 0 Å². The van der Waals surface area contributed by atoms with Crippen LogP contribution in [0.15, 0.2) is 18.2 Å². The molecule has 0 amide bonds. The minimum atomic E-state index is 0.559. The first-order chi connectivity index (χ1) is 13.7. The van der Waals surface area contributed by atoms with E-state index in [9.17, 15) is 0 Å². The van der Waals surface area contributed by atoms with Gasteiger partial charge in [0.15, 0.2) is 0 Å². The van der Waals surface area contributed by atoms with E-state index in [1.54, 1.807) is 14.2 Å². The summed E-state index contributed by atoms with van der Waals surface area (Å²) in [5.74, 6) is 2.24. The largest absolute Gasteiger partial charge is 0.494 e. The number of unbranched alkanes of at least 4 members (excludes halogenated alkanes) is 1. The molecule has 0 bridgehead atoms. The van der Waals surface area contributed by atoms with E-state index in [2.05, 4.69) is 36.9 Å². The predicted molar refractivity (Wildman–Crippen MR) is 113 cm³/mol. The van der Waals surface area contributed by atoms with Crippen LogP contribution in [-0.2, 0) is 14.2 Å². The van der Waals surface area contributed by atoms with Crippen molar-refractivity contribution in [3.63, 3.8) is 0 Å². The number of likely N-dealkylation sites (tertiary alicyclic amines) is 1. The first-order valence-electron chi connectivity index (χ1n) is 10.7. The first kappa shape index (κ1) is 23.1. The van der Waals surface area contributed by atoms with Gasteiger partial charge in [0.05, 0.1) is 26.4 Å². The summed E-state index contributed by atoms with van der Waals surface area (Å²) < 4.78 is 21.8. The van der Waals surface area contributed by atoms with E-state index in [-0.39, 0.29) is 0 Å². The van der Waals surface area contributed by atoms with E-state index in [0.717, 1.165) is 51.5 Å². The van der Waals surface area contributed by atoms with Crippen LogP contribution in [-0.4, -0.2) is 71.8 Å². The van der Waals surface area contributed by atoms with Crippen molar-refractivity contribution in [2.45, 2.75) is 39.0 Å². The van der Waals surface area contributed by atoms with Crippen LogP contribution in [0.2, 0.25) is 0 Å². The van der Waals surface area contributed by atoms with Gasteiger partial charge in [-0.1, -0.05) is 13.0 Å². The van der Waals surface area contributed by atoms with E-state index >= 15 is 0 Å². The molecule has 1 aromatic rings. The molecule has 2 atom stereocenters. The number of aryl methyl sites for hydroxylation is 1. The number of hydrogen-bond acceptors (Lipinski definition) is 5. The molecule has 2 rings (SSSR count). The molecule has 1 aromatic carbocycles. The van der Waals surface area contributed by atoms with E-state index in [0.29, 0.717) is 25.0 Å². The Labute approximate surface area is 171 Å². The molecule has 1 aliphatic rings. The highest BCUT2D eigenvalue weighted by Crippen LogP contribution is 2.35. The Bertz CT molecular complexity index is 549. The van der Waals surface area contributed by atoms with Crippen molar-refractivity contribution in [3.8, 4) is 5.75 Å². The minimum Gasteiger partial charge on any atom is -0.494 e. The zero-order chi connectivity index (χ0) is 20.2. The lowest BCUT2D eigenvalue weighted by atomic mass is 9.80. The Hall–Kier alpha value is -1.14. The molecule has 0 N–H and O–H groups in total. The van der Waals surface area contributed by atoms with Crippen molar-refractivity contribution in [2.24, 2.45) is 5.92 Å².